The van der Waals surface area contributed by atoms with Crippen molar-refractivity contribution in [1.82, 2.24) is 19.8 Å². The number of likely N-dealkylation sites (tertiary alicyclic amines) is 2. The molecule has 0 bridgehead atoms. The Bertz CT molecular complexity index is 957. The van der Waals surface area contributed by atoms with Gasteiger partial charge in [0, 0.05) is 30.9 Å². The van der Waals surface area contributed by atoms with Gasteiger partial charge in [-0.05, 0) is 63.5 Å². The van der Waals surface area contributed by atoms with Crippen molar-refractivity contribution >= 4 is 17.5 Å². The van der Waals surface area contributed by atoms with Gasteiger partial charge in [0.2, 0.25) is 5.91 Å². The predicted octanol–water partition coefficient (Wildman–Crippen LogP) is 2.85. The maximum absolute atomic E-state index is 12.7. The van der Waals surface area contributed by atoms with Crippen LogP contribution >= 0.6 is 0 Å². The number of amides is 2. The number of hydrogen-bond donors (Lipinski definition) is 1. The van der Waals surface area contributed by atoms with Gasteiger partial charge in [-0.25, -0.2) is 9.97 Å². The molecule has 32 heavy (non-hydrogen) atoms. The lowest BCUT2D eigenvalue weighted by molar-refractivity contribution is -0.131. The van der Waals surface area contributed by atoms with Crippen LogP contribution in [0.2, 0.25) is 0 Å². The lowest BCUT2D eigenvalue weighted by Crippen LogP contribution is -2.41. The Morgan fingerprint density at radius 3 is 2.56 bits per heavy atom. The number of nitrogens with one attached hydrogen (secondary N) is 1. The van der Waals surface area contributed by atoms with Crippen molar-refractivity contribution < 1.29 is 14.3 Å². The second-order valence-corrected chi connectivity index (χ2v) is 8.57. The van der Waals surface area contributed by atoms with Crippen molar-refractivity contribution in [2.45, 2.75) is 38.5 Å². The third-order valence-electron chi connectivity index (χ3n) is 6.30. The van der Waals surface area contributed by atoms with Crippen LogP contribution in [0.1, 0.15) is 53.5 Å². The molecule has 2 saturated heterocycles. The summed E-state index contributed by atoms with van der Waals surface area (Å²) in [7, 11) is 1.60. The Kier molecular flexibility index (Phi) is 6.99. The quantitative estimate of drug-likeness (QED) is 0.748. The number of hydrogen-bond acceptors (Lipinski definition) is 6. The fourth-order valence-electron chi connectivity index (χ4n) is 4.38. The molecule has 1 N–H and O–H groups in total. The topological polar surface area (TPSA) is 87.7 Å². The molecule has 1 aromatic heterocycles. The average molecular weight is 438 g/mol. The summed E-state index contributed by atoms with van der Waals surface area (Å²) < 4.78 is 5.14. The molecule has 2 aliphatic heterocycles. The number of methoxy groups -OCH3 is 1. The second-order valence-electron chi connectivity index (χ2n) is 8.57. The van der Waals surface area contributed by atoms with Gasteiger partial charge in [-0.3, -0.25) is 14.5 Å². The van der Waals surface area contributed by atoms with Crippen LogP contribution in [-0.2, 0) is 4.79 Å². The van der Waals surface area contributed by atoms with Crippen molar-refractivity contribution in [2.24, 2.45) is 0 Å². The van der Waals surface area contributed by atoms with Crippen LogP contribution in [0.5, 0.6) is 5.75 Å². The van der Waals surface area contributed by atoms with Crippen molar-refractivity contribution in [3.63, 3.8) is 0 Å². The molecule has 0 spiro atoms. The molecule has 4 rings (SSSR count). The highest BCUT2D eigenvalue weighted by Gasteiger charge is 2.30. The number of piperidine rings is 1. The molecule has 8 nitrogen and oxygen atoms in total. The third kappa shape index (κ3) is 5.24. The monoisotopic (exact) mass is 437 g/mol. The van der Waals surface area contributed by atoms with Crippen molar-refractivity contribution in [3.8, 4) is 5.75 Å². The SMILES string of the molecule is COc1ccc(NC(=O)c2cnc([C@@H]3CCN(C(=O)CN4CCCCC4)C3)nc2C)cc1. The van der Waals surface area contributed by atoms with Gasteiger partial charge < -0.3 is 15.0 Å². The number of benzene rings is 1. The van der Waals surface area contributed by atoms with E-state index in [2.05, 4.69) is 20.2 Å². The van der Waals surface area contributed by atoms with E-state index in [0.29, 0.717) is 35.9 Å². The van der Waals surface area contributed by atoms with Gasteiger partial charge in [0.25, 0.3) is 5.91 Å². The Morgan fingerprint density at radius 1 is 1.12 bits per heavy atom. The molecular formula is C24H31N5O3. The van der Waals surface area contributed by atoms with Gasteiger partial charge in [0.1, 0.15) is 11.6 Å². The van der Waals surface area contributed by atoms with E-state index < -0.39 is 0 Å². The summed E-state index contributed by atoms with van der Waals surface area (Å²) in [5, 5.41) is 2.87. The number of ether oxygens (including phenoxy) is 1. The van der Waals surface area contributed by atoms with Crippen molar-refractivity contribution in [1.29, 1.82) is 0 Å². The Labute approximate surface area is 189 Å². The number of aryl methyl sites for hydroxylation is 1. The summed E-state index contributed by atoms with van der Waals surface area (Å²) in [5.41, 5.74) is 1.76. The summed E-state index contributed by atoms with van der Waals surface area (Å²) in [6, 6.07) is 7.16. The van der Waals surface area contributed by atoms with Crippen LogP contribution < -0.4 is 10.1 Å². The molecule has 0 aliphatic carbocycles. The van der Waals surface area contributed by atoms with E-state index in [0.717, 1.165) is 31.8 Å². The first kappa shape index (κ1) is 22.2. The lowest BCUT2D eigenvalue weighted by Gasteiger charge is -2.27. The highest BCUT2D eigenvalue weighted by molar-refractivity contribution is 6.04. The summed E-state index contributed by atoms with van der Waals surface area (Å²) in [5.74, 6) is 1.49. The van der Waals surface area contributed by atoms with E-state index in [-0.39, 0.29) is 17.7 Å². The molecule has 2 aliphatic rings. The molecule has 2 amide bonds. The number of rotatable bonds is 6. The molecule has 0 saturated carbocycles. The van der Waals surface area contributed by atoms with Crippen LogP contribution in [-0.4, -0.2) is 71.4 Å². The van der Waals surface area contributed by atoms with E-state index in [9.17, 15) is 9.59 Å². The predicted molar refractivity (Wildman–Crippen MR) is 122 cm³/mol. The molecule has 8 heteroatoms. The first-order valence-electron chi connectivity index (χ1n) is 11.3. The van der Waals surface area contributed by atoms with Crippen LogP contribution in [0.4, 0.5) is 5.69 Å². The molecule has 2 aromatic rings. The smallest absolute Gasteiger partial charge is 0.259 e. The van der Waals surface area contributed by atoms with Gasteiger partial charge in [-0.1, -0.05) is 6.42 Å². The van der Waals surface area contributed by atoms with E-state index in [1.807, 2.05) is 11.8 Å². The Hall–Kier alpha value is -3.00. The number of carbonyl (C=O) groups excluding carboxylic acids is 2. The minimum atomic E-state index is -0.246. The zero-order valence-corrected chi connectivity index (χ0v) is 18.8. The average Bonchev–Trinajstić information content (AvgIpc) is 3.31. The van der Waals surface area contributed by atoms with Gasteiger partial charge in [0.15, 0.2) is 0 Å². The lowest BCUT2D eigenvalue weighted by atomic mass is 10.1. The third-order valence-corrected chi connectivity index (χ3v) is 6.30. The minimum absolute atomic E-state index is 0.109. The molecule has 170 valence electrons. The first-order chi connectivity index (χ1) is 15.5. The molecule has 0 radical (unpaired) electrons. The van der Waals surface area contributed by atoms with Gasteiger partial charge in [-0.15, -0.1) is 0 Å². The van der Waals surface area contributed by atoms with E-state index >= 15 is 0 Å². The summed E-state index contributed by atoms with van der Waals surface area (Å²) in [6.45, 7) is 5.75. The maximum Gasteiger partial charge on any atom is 0.259 e. The van der Waals surface area contributed by atoms with Crippen LogP contribution in [0.15, 0.2) is 30.5 Å². The molecule has 1 aromatic carbocycles. The highest BCUT2D eigenvalue weighted by atomic mass is 16.5. The zero-order chi connectivity index (χ0) is 22.5. The maximum atomic E-state index is 12.7. The summed E-state index contributed by atoms with van der Waals surface area (Å²) in [4.78, 5) is 38.7. The normalized spacial score (nSPS) is 19.1. The van der Waals surface area contributed by atoms with E-state index in [1.54, 1.807) is 37.6 Å². The summed E-state index contributed by atoms with van der Waals surface area (Å²) >= 11 is 0. The molecule has 3 heterocycles. The molecule has 1 atom stereocenters. The summed E-state index contributed by atoms with van der Waals surface area (Å²) in [6.07, 6.45) is 6.07. The highest BCUT2D eigenvalue weighted by Crippen LogP contribution is 2.26. The first-order valence-corrected chi connectivity index (χ1v) is 11.3. The van der Waals surface area contributed by atoms with Crippen LogP contribution in [0.25, 0.3) is 0 Å². The second kappa shape index (κ2) is 10.1. The fourth-order valence-corrected chi connectivity index (χ4v) is 4.38. The van der Waals surface area contributed by atoms with E-state index in [1.165, 1.54) is 19.3 Å². The van der Waals surface area contributed by atoms with Gasteiger partial charge >= 0.3 is 0 Å². The minimum Gasteiger partial charge on any atom is -0.497 e. The Morgan fingerprint density at radius 2 is 1.88 bits per heavy atom. The van der Waals surface area contributed by atoms with Gasteiger partial charge in [-0.2, -0.15) is 0 Å². The Balaban J connectivity index is 1.35. The van der Waals surface area contributed by atoms with E-state index in [4.69, 9.17) is 4.74 Å². The number of nitrogens with zero attached hydrogens (tertiary/aromatic N) is 4. The standard InChI is InChI=1S/C24H31N5O3/c1-17-21(24(31)27-19-6-8-20(32-2)9-7-19)14-25-23(26-17)18-10-13-29(15-18)22(30)16-28-11-4-3-5-12-28/h6-9,14,18H,3-5,10-13,15-16H2,1-2H3,(H,27,31)/t18-/m1/s1. The van der Waals surface area contributed by atoms with Crippen LogP contribution in [0, 0.1) is 6.92 Å². The number of aromatic nitrogens is 2. The zero-order valence-electron chi connectivity index (χ0n) is 18.8. The van der Waals surface area contributed by atoms with Crippen molar-refractivity contribution in [3.05, 3.63) is 47.5 Å². The largest absolute Gasteiger partial charge is 0.497 e. The number of anilines is 1. The fraction of sp³-hybridized carbons (Fsp3) is 0.500. The molecular weight excluding hydrogens is 406 g/mol. The molecule has 0 unspecified atom stereocenters. The number of carbonyl (C=O) groups is 2. The van der Waals surface area contributed by atoms with Crippen LogP contribution in [0.3, 0.4) is 0 Å². The molecule has 2 fully saturated rings. The van der Waals surface area contributed by atoms with Gasteiger partial charge in [0.05, 0.1) is 24.9 Å². The van der Waals surface area contributed by atoms with Crippen molar-refractivity contribution in [2.75, 3.05) is 45.2 Å².